The molecule has 0 atom stereocenters. The Bertz CT molecular complexity index is 511. The normalized spacial score (nSPS) is 10.1. The van der Waals surface area contributed by atoms with Gasteiger partial charge in [0, 0.05) is 6.54 Å². The lowest BCUT2D eigenvalue weighted by Gasteiger charge is -2.08. The van der Waals surface area contributed by atoms with Gasteiger partial charge >= 0.3 is 0 Å². The van der Waals surface area contributed by atoms with Gasteiger partial charge in [0.2, 0.25) is 0 Å². The standard InChI is InChI=1S/C14H18N4/c1-11-5-2-3-6-12(11)9-10-16-13-7-4-8-14(17-13)18-15/h2-8H,9-10,15H2,1H3,(H2,16,17,18). The Kier molecular flexibility index (Phi) is 4.15. The van der Waals surface area contributed by atoms with Gasteiger partial charge in [-0.15, -0.1) is 0 Å². The summed E-state index contributed by atoms with van der Waals surface area (Å²) in [7, 11) is 0. The highest BCUT2D eigenvalue weighted by atomic mass is 15.3. The number of pyridine rings is 1. The SMILES string of the molecule is Cc1ccccc1CCNc1cccc(NN)n1. The van der Waals surface area contributed by atoms with E-state index in [1.54, 1.807) is 0 Å². The van der Waals surface area contributed by atoms with E-state index in [0.717, 1.165) is 18.8 Å². The maximum absolute atomic E-state index is 5.32. The molecule has 0 bridgehead atoms. The van der Waals surface area contributed by atoms with E-state index >= 15 is 0 Å². The zero-order valence-corrected chi connectivity index (χ0v) is 10.5. The number of rotatable bonds is 5. The van der Waals surface area contributed by atoms with Crippen molar-refractivity contribution >= 4 is 11.6 Å². The molecular weight excluding hydrogens is 224 g/mol. The number of nitrogens with zero attached hydrogens (tertiary/aromatic N) is 1. The van der Waals surface area contributed by atoms with Crippen molar-refractivity contribution in [2.75, 3.05) is 17.3 Å². The number of nitrogen functional groups attached to an aromatic ring is 1. The van der Waals surface area contributed by atoms with Gasteiger partial charge in [0.1, 0.15) is 11.6 Å². The molecule has 2 rings (SSSR count). The highest BCUT2D eigenvalue weighted by molar-refractivity contribution is 5.44. The molecule has 1 heterocycles. The van der Waals surface area contributed by atoms with Gasteiger partial charge in [0.15, 0.2) is 0 Å². The van der Waals surface area contributed by atoms with Crippen LogP contribution in [-0.4, -0.2) is 11.5 Å². The van der Waals surface area contributed by atoms with Crippen LogP contribution in [0.25, 0.3) is 0 Å². The quantitative estimate of drug-likeness (QED) is 0.556. The van der Waals surface area contributed by atoms with Crippen LogP contribution in [0.3, 0.4) is 0 Å². The molecule has 2 aromatic rings. The second kappa shape index (κ2) is 6.02. The summed E-state index contributed by atoms with van der Waals surface area (Å²) in [6.07, 6.45) is 0.981. The molecule has 1 aromatic carbocycles. The molecule has 0 amide bonds. The fourth-order valence-corrected chi connectivity index (χ4v) is 1.83. The summed E-state index contributed by atoms with van der Waals surface area (Å²) in [6, 6.07) is 14.1. The van der Waals surface area contributed by atoms with E-state index in [9.17, 15) is 0 Å². The Hall–Kier alpha value is -2.07. The summed E-state index contributed by atoms with van der Waals surface area (Å²) in [6.45, 7) is 2.98. The van der Waals surface area contributed by atoms with E-state index in [2.05, 4.69) is 46.9 Å². The molecule has 0 unspecified atom stereocenters. The molecule has 4 N–H and O–H groups in total. The monoisotopic (exact) mass is 242 g/mol. The van der Waals surface area contributed by atoms with E-state index in [4.69, 9.17) is 5.84 Å². The predicted molar refractivity (Wildman–Crippen MR) is 75.4 cm³/mol. The van der Waals surface area contributed by atoms with Crippen LogP contribution in [0.5, 0.6) is 0 Å². The third-order valence-electron chi connectivity index (χ3n) is 2.86. The summed E-state index contributed by atoms with van der Waals surface area (Å²) in [5.41, 5.74) is 5.22. The number of aryl methyl sites for hydroxylation is 1. The summed E-state index contributed by atoms with van der Waals surface area (Å²) < 4.78 is 0. The zero-order valence-electron chi connectivity index (χ0n) is 10.5. The van der Waals surface area contributed by atoms with Crippen molar-refractivity contribution in [1.29, 1.82) is 0 Å². The first kappa shape index (κ1) is 12.4. The van der Waals surface area contributed by atoms with Crippen LogP contribution in [0.2, 0.25) is 0 Å². The Morgan fingerprint density at radius 3 is 2.61 bits per heavy atom. The second-order valence-electron chi connectivity index (χ2n) is 4.16. The number of benzene rings is 1. The van der Waals surface area contributed by atoms with E-state index < -0.39 is 0 Å². The summed E-state index contributed by atoms with van der Waals surface area (Å²) in [4.78, 5) is 4.30. The van der Waals surface area contributed by atoms with Crippen LogP contribution in [-0.2, 0) is 6.42 Å². The second-order valence-corrected chi connectivity index (χ2v) is 4.16. The molecule has 0 saturated heterocycles. The molecule has 0 saturated carbocycles. The van der Waals surface area contributed by atoms with Gasteiger partial charge < -0.3 is 10.7 Å². The molecule has 0 aliphatic rings. The number of hydrazine groups is 1. The highest BCUT2D eigenvalue weighted by Gasteiger charge is 1.98. The van der Waals surface area contributed by atoms with Crippen molar-refractivity contribution < 1.29 is 0 Å². The Labute approximate surface area is 107 Å². The minimum atomic E-state index is 0.663. The van der Waals surface area contributed by atoms with Gasteiger partial charge in [-0.2, -0.15) is 0 Å². The van der Waals surface area contributed by atoms with Crippen LogP contribution in [0.1, 0.15) is 11.1 Å². The first-order chi connectivity index (χ1) is 8.79. The minimum absolute atomic E-state index is 0.663. The number of hydrogen-bond acceptors (Lipinski definition) is 4. The maximum Gasteiger partial charge on any atom is 0.142 e. The van der Waals surface area contributed by atoms with Gasteiger partial charge in [-0.05, 0) is 36.6 Å². The van der Waals surface area contributed by atoms with E-state index in [1.165, 1.54) is 11.1 Å². The van der Waals surface area contributed by atoms with Crippen molar-refractivity contribution in [3.63, 3.8) is 0 Å². The van der Waals surface area contributed by atoms with E-state index in [1.807, 2.05) is 18.2 Å². The minimum Gasteiger partial charge on any atom is -0.370 e. The summed E-state index contributed by atoms with van der Waals surface area (Å²) in [5.74, 6) is 6.81. The number of hydrogen-bond donors (Lipinski definition) is 3. The first-order valence-corrected chi connectivity index (χ1v) is 6.01. The summed E-state index contributed by atoms with van der Waals surface area (Å²) >= 11 is 0. The molecule has 4 heteroatoms. The summed E-state index contributed by atoms with van der Waals surface area (Å²) in [5, 5.41) is 3.29. The third kappa shape index (κ3) is 3.21. The van der Waals surface area contributed by atoms with Crippen LogP contribution >= 0.6 is 0 Å². The number of nitrogens with one attached hydrogen (secondary N) is 2. The maximum atomic E-state index is 5.32. The van der Waals surface area contributed by atoms with Gasteiger partial charge in [0.05, 0.1) is 0 Å². The number of aromatic nitrogens is 1. The first-order valence-electron chi connectivity index (χ1n) is 6.01. The fraction of sp³-hybridized carbons (Fsp3) is 0.214. The fourth-order valence-electron chi connectivity index (χ4n) is 1.83. The van der Waals surface area contributed by atoms with Crippen molar-refractivity contribution in [2.24, 2.45) is 5.84 Å². The van der Waals surface area contributed by atoms with E-state index in [0.29, 0.717) is 5.82 Å². The lowest BCUT2D eigenvalue weighted by molar-refractivity contribution is 0.993. The molecular formula is C14H18N4. The zero-order chi connectivity index (χ0) is 12.8. The average molecular weight is 242 g/mol. The van der Waals surface area contributed by atoms with Crippen LogP contribution in [0, 0.1) is 6.92 Å². The van der Waals surface area contributed by atoms with Gasteiger partial charge in [0.25, 0.3) is 0 Å². The van der Waals surface area contributed by atoms with Crippen molar-refractivity contribution in [2.45, 2.75) is 13.3 Å². The van der Waals surface area contributed by atoms with Gasteiger partial charge in [-0.25, -0.2) is 10.8 Å². The molecule has 0 aliphatic carbocycles. The smallest absolute Gasteiger partial charge is 0.142 e. The van der Waals surface area contributed by atoms with Gasteiger partial charge in [-0.1, -0.05) is 30.3 Å². The largest absolute Gasteiger partial charge is 0.370 e. The average Bonchev–Trinajstić information content (AvgIpc) is 2.41. The van der Waals surface area contributed by atoms with Crippen molar-refractivity contribution in [1.82, 2.24) is 4.98 Å². The van der Waals surface area contributed by atoms with Crippen LogP contribution < -0.4 is 16.6 Å². The lowest BCUT2D eigenvalue weighted by atomic mass is 10.1. The van der Waals surface area contributed by atoms with Crippen LogP contribution in [0.15, 0.2) is 42.5 Å². The van der Waals surface area contributed by atoms with Crippen molar-refractivity contribution in [3.8, 4) is 0 Å². The molecule has 0 fully saturated rings. The Morgan fingerprint density at radius 1 is 1.06 bits per heavy atom. The lowest BCUT2D eigenvalue weighted by Crippen LogP contribution is -2.11. The molecule has 0 aliphatic heterocycles. The topological polar surface area (TPSA) is 63.0 Å². The van der Waals surface area contributed by atoms with E-state index in [-0.39, 0.29) is 0 Å². The van der Waals surface area contributed by atoms with Gasteiger partial charge in [-0.3, -0.25) is 0 Å². The third-order valence-corrected chi connectivity index (χ3v) is 2.86. The van der Waals surface area contributed by atoms with Crippen molar-refractivity contribution in [3.05, 3.63) is 53.6 Å². The van der Waals surface area contributed by atoms with Crippen LogP contribution in [0.4, 0.5) is 11.6 Å². The molecule has 94 valence electrons. The number of anilines is 2. The molecule has 1 aromatic heterocycles. The highest BCUT2D eigenvalue weighted by Crippen LogP contribution is 2.10. The predicted octanol–water partition coefficient (Wildman–Crippen LogP) is 2.33. The number of nitrogens with two attached hydrogens (primary N) is 1. The molecule has 0 spiro atoms. The Balaban J connectivity index is 1.90. The Morgan fingerprint density at radius 2 is 1.83 bits per heavy atom. The molecule has 0 radical (unpaired) electrons. The molecule has 4 nitrogen and oxygen atoms in total. The molecule has 18 heavy (non-hydrogen) atoms.